The van der Waals surface area contributed by atoms with E-state index in [4.69, 9.17) is 18.9 Å². The van der Waals surface area contributed by atoms with Gasteiger partial charge in [0.15, 0.2) is 6.61 Å². The van der Waals surface area contributed by atoms with E-state index in [0.717, 1.165) is 56.9 Å². The van der Waals surface area contributed by atoms with Crippen LogP contribution in [0.3, 0.4) is 0 Å². The lowest BCUT2D eigenvalue weighted by Crippen LogP contribution is -2.56. The van der Waals surface area contributed by atoms with E-state index in [2.05, 4.69) is 15.6 Å². The summed E-state index contributed by atoms with van der Waals surface area (Å²) in [6.07, 6.45) is 7.95. The lowest BCUT2D eigenvalue weighted by molar-refractivity contribution is -0.149. The van der Waals surface area contributed by atoms with Crippen molar-refractivity contribution < 1.29 is 47.7 Å². The van der Waals surface area contributed by atoms with Crippen LogP contribution in [0.2, 0.25) is 0 Å². The van der Waals surface area contributed by atoms with Gasteiger partial charge in [-0.1, -0.05) is 19.4 Å². The lowest BCUT2D eigenvalue weighted by Gasteiger charge is -2.36. The van der Waals surface area contributed by atoms with E-state index in [1.807, 2.05) is 19.9 Å². The van der Waals surface area contributed by atoms with Crippen LogP contribution >= 0.6 is 0 Å². The number of nitrogens with one attached hydrogen (secondary N) is 2. The van der Waals surface area contributed by atoms with Gasteiger partial charge in [0.25, 0.3) is 11.8 Å². The fourth-order valence-electron chi connectivity index (χ4n) is 7.63. The number of carbonyl (C=O) groups excluding carboxylic acids is 6. The van der Waals surface area contributed by atoms with Crippen molar-refractivity contribution in [1.29, 1.82) is 0 Å². The molecular weight excluding hydrogens is 748 g/mol. The van der Waals surface area contributed by atoms with Crippen LogP contribution in [0, 0.1) is 6.92 Å². The van der Waals surface area contributed by atoms with E-state index in [0.29, 0.717) is 43.5 Å². The Morgan fingerprint density at radius 1 is 0.914 bits per heavy atom. The van der Waals surface area contributed by atoms with E-state index in [1.165, 1.54) is 6.07 Å². The number of ether oxygens (including phenoxy) is 4. The van der Waals surface area contributed by atoms with Crippen molar-refractivity contribution >= 4 is 46.6 Å². The molecule has 6 rings (SSSR count). The second-order valence-corrected chi connectivity index (χ2v) is 15.7. The first-order chi connectivity index (χ1) is 28.1. The molecule has 16 nitrogen and oxygen atoms in total. The summed E-state index contributed by atoms with van der Waals surface area (Å²) < 4.78 is 22.6. The van der Waals surface area contributed by atoms with Crippen LogP contribution in [0.25, 0.3) is 10.9 Å². The van der Waals surface area contributed by atoms with Gasteiger partial charge in [0.1, 0.15) is 30.1 Å². The third-order valence-corrected chi connectivity index (χ3v) is 11.4. The van der Waals surface area contributed by atoms with E-state index in [9.17, 15) is 28.8 Å². The quantitative estimate of drug-likeness (QED) is 0.186. The number of carbonyl (C=O) groups is 6. The highest BCUT2D eigenvalue weighted by Gasteiger charge is 2.36. The molecule has 4 fully saturated rings. The Bertz CT molecular complexity index is 1790. The normalized spacial score (nSPS) is 20.2. The van der Waals surface area contributed by atoms with Gasteiger partial charge in [0.2, 0.25) is 11.8 Å². The molecule has 2 aromatic rings. The smallest absolute Gasteiger partial charge is 0.409 e. The summed E-state index contributed by atoms with van der Waals surface area (Å²) in [4.78, 5) is 89.3. The number of pyridine rings is 1. The first-order valence-electron chi connectivity index (χ1n) is 21.0. The van der Waals surface area contributed by atoms with E-state index in [1.54, 1.807) is 26.8 Å². The Balaban J connectivity index is 1.14. The van der Waals surface area contributed by atoms with Gasteiger partial charge < -0.3 is 44.3 Å². The van der Waals surface area contributed by atoms with Crippen LogP contribution in [0.5, 0.6) is 5.75 Å². The van der Waals surface area contributed by atoms with Gasteiger partial charge in [0.05, 0.1) is 18.2 Å². The second-order valence-electron chi connectivity index (χ2n) is 15.7. The molecule has 316 valence electrons. The van der Waals surface area contributed by atoms with Crippen molar-refractivity contribution in [3.05, 3.63) is 35.5 Å². The first kappa shape index (κ1) is 42.6. The molecule has 16 heteroatoms. The number of amides is 5. The molecule has 1 aliphatic carbocycles. The minimum absolute atomic E-state index is 0.0376. The van der Waals surface area contributed by atoms with Gasteiger partial charge in [-0.25, -0.2) is 9.78 Å². The molecule has 4 heterocycles. The second kappa shape index (κ2) is 20.6. The number of aryl methyl sites for hydroxylation is 1. The van der Waals surface area contributed by atoms with Crippen LogP contribution in [0.4, 0.5) is 4.79 Å². The third-order valence-electron chi connectivity index (χ3n) is 11.4. The molecule has 3 saturated heterocycles. The molecule has 1 aromatic carbocycles. The number of piperazine rings is 1. The zero-order valence-corrected chi connectivity index (χ0v) is 33.8. The number of nitrogens with zero attached hydrogens (tertiary/aromatic N) is 4. The largest absolute Gasteiger partial charge is 0.483 e. The molecule has 4 aliphatic rings. The predicted octanol–water partition coefficient (Wildman–Crippen LogP) is 3.65. The van der Waals surface area contributed by atoms with Crippen LogP contribution in [0.15, 0.2) is 24.3 Å². The summed E-state index contributed by atoms with van der Waals surface area (Å²) >= 11 is 0. The molecule has 1 aromatic heterocycles. The van der Waals surface area contributed by atoms with Crippen LogP contribution in [-0.4, -0.2) is 139 Å². The number of unbranched alkanes of at least 4 members (excludes halogenated alkanes) is 1. The van der Waals surface area contributed by atoms with Crippen molar-refractivity contribution in [2.45, 2.75) is 115 Å². The Hall–Kier alpha value is -4.99. The summed E-state index contributed by atoms with van der Waals surface area (Å²) in [6.45, 7) is 6.02. The number of hydrogen-bond donors (Lipinski definition) is 2. The van der Waals surface area contributed by atoms with Gasteiger partial charge in [-0.05, 0) is 88.8 Å². The molecule has 2 N–H and O–H groups in total. The Morgan fingerprint density at radius 2 is 1.71 bits per heavy atom. The standard InChI is InChI=1S/C42H58N6O10/c1-3-4-22-56-42(54)47-20-18-46(19-21-47)41(53)32(15-16-38(50)58-26-30-11-5-6-23-55-30)45-39(51)34-25-36(31-14-13-28(2)24-33(31)44-34)57-27-37(49)48-17-8-12-35(48)40(52)43-29-9-7-10-29/h13-14,24-25,29-30,32,35H,3-12,15-23,26-27H2,1-2H3,(H,43,52)(H,45,51)/t30-,32?,35-/m0/s1. The van der Waals surface area contributed by atoms with Gasteiger partial charge in [-0.2, -0.15) is 0 Å². The zero-order chi connectivity index (χ0) is 41.0. The van der Waals surface area contributed by atoms with E-state index >= 15 is 0 Å². The average molecular weight is 807 g/mol. The maximum absolute atomic E-state index is 14.0. The summed E-state index contributed by atoms with van der Waals surface area (Å²) in [5.74, 6) is -1.82. The zero-order valence-electron chi connectivity index (χ0n) is 33.8. The number of hydrogen-bond acceptors (Lipinski definition) is 11. The Kier molecular flexibility index (Phi) is 15.2. The molecule has 5 amide bonds. The van der Waals surface area contributed by atoms with E-state index < -0.39 is 36.0 Å². The van der Waals surface area contributed by atoms with Crippen molar-refractivity contribution in [2.75, 3.05) is 59.2 Å². The van der Waals surface area contributed by atoms with Crippen molar-refractivity contribution in [3.8, 4) is 5.75 Å². The van der Waals surface area contributed by atoms with E-state index in [-0.39, 0.29) is 87.6 Å². The van der Waals surface area contributed by atoms with Crippen molar-refractivity contribution in [2.24, 2.45) is 0 Å². The topological polar surface area (TPSA) is 186 Å². The summed E-state index contributed by atoms with van der Waals surface area (Å²) in [6, 6.07) is 5.41. The molecule has 0 bridgehead atoms. The number of likely N-dealkylation sites (tertiary alicyclic amines) is 1. The minimum atomic E-state index is -1.12. The Labute approximate surface area is 339 Å². The first-order valence-corrected chi connectivity index (χ1v) is 21.0. The van der Waals surface area contributed by atoms with Crippen molar-refractivity contribution in [3.63, 3.8) is 0 Å². The van der Waals surface area contributed by atoms with Gasteiger partial charge in [0, 0.05) is 63.2 Å². The Morgan fingerprint density at radius 3 is 2.43 bits per heavy atom. The molecule has 1 unspecified atom stereocenters. The van der Waals surface area contributed by atoms with Crippen LogP contribution in [-0.2, 0) is 33.4 Å². The molecule has 1 saturated carbocycles. The highest BCUT2D eigenvalue weighted by atomic mass is 16.6. The molecular formula is C42H58N6O10. The molecule has 58 heavy (non-hydrogen) atoms. The van der Waals surface area contributed by atoms with Crippen molar-refractivity contribution in [1.82, 2.24) is 30.3 Å². The SMILES string of the molecule is CCCCOC(=O)N1CCN(C(=O)C(CCC(=O)OC[C@@H]2CCCCO2)NC(=O)c2cc(OCC(=O)N3CCC[C@H]3C(=O)NC3CCC3)c3ccc(C)cc3n2)CC1. The average Bonchev–Trinajstić information content (AvgIpc) is 3.72. The predicted molar refractivity (Wildman–Crippen MR) is 212 cm³/mol. The fraction of sp³-hybridized carbons (Fsp3) is 0.643. The lowest BCUT2D eigenvalue weighted by atomic mass is 9.93. The fourth-order valence-corrected chi connectivity index (χ4v) is 7.63. The minimum Gasteiger partial charge on any atom is -0.483 e. The third kappa shape index (κ3) is 11.4. The number of aromatic nitrogens is 1. The van der Waals surface area contributed by atoms with Gasteiger partial charge >= 0.3 is 12.1 Å². The summed E-state index contributed by atoms with van der Waals surface area (Å²) in [5.41, 5.74) is 1.29. The maximum atomic E-state index is 14.0. The highest BCUT2D eigenvalue weighted by molar-refractivity contribution is 5.99. The molecule has 3 aliphatic heterocycles. The summed E-state index contributed by atoms with van der Waals surface area (Å²) in [5, 5.41) is 6.45. The number of esters is 1. The molecule has 0 radical (unpaired) electrons. The number of fused-ring (bicyclic) bond motifs is 1. The maximum Gasteiger partial charge on any atom is 0.409 e. The van der Waals surface area contributed by atoms with Gasteiger partial charge in [-0.3, -0.25) is 24.0 Å². The molecule has 3 atom stereocenters. The van der Waals surface area contributed by atoms with Crippen LogP contribution < -0.4 is 15.4 Å². The number of benzene rings is 1. The molecule has 0 spiro atoms. The van der Waals surface area contributed by atoms with Gasteiger partial charge in [-0.15, -0.1) is 0 Å². The van der Waals surface area contributed by atoms with Crippen LogP contribution in [0.1, 0.15) is 100 Å². The number of rotatable bonds is 16. The monoisotopic (exact) mass is 806 g/mol. The highest BCUT2D eigenvalue weighted by Crippen LogP contribution is 2.28. The summed E-state index contributed by atoms with van der Waals surface area (Å²) in [7, 11) is 0.